The van der Waals surface area contributed by atoms with Crippen molar-refractivity contribution >= 4 is 15.9 Å². The topological polar surface area (TPSA) is 25.2 Å². The molecule has 0 aliphatic heterocycles. The lowest BCUT2D eigenvalue weighted by Gasteiger charge is -2.04. The third kappa shape index (κ3) is 2.58. The Morgan fingerprint density at radius 2 is 2.12 bits per heavy atom. The Bertz CT molecular complexity index is 536. The zero-order valence-corrected chi connectivity index (χ0v) is 11.3. The summed E-state index contributed by atoms with van der Waals surface area (Å²) in [6.07, 6.45) is 0. The Morgan fingerprint density at radius 1 is 1.35 bits per heavy atom. The molecule has 1 aromatic carbocycles. The van der Waals surface area contributed by atoms with E-state index in [0.29, 0.717) is 16.8 Å². The first kappa shape index (κ1) is 12.3. The first-order valence-electron chi connectivity index (χ1n) is 5.31. The van der Waals surface area contributed by atoms with Crippen LogP contribution in [-0.2, 0) is 6.54 Å². The summed E-state index contributed by atoms with van der Waals surface area (Å²) >= 11 is 3.17. The summed E-state index contributed by atoms with van der Waals surface area (Å²) in [6, 6.07) is 7.00. The van der Waals surface area contributed by atoms with Crippen molar-refractivity contribution in [3.8, 4) is 11.3 Å². The fourth-order valence-electron chi connectivity index (χ4n) is 1.70. The van der Waals surface area contributed by atoms with Crippen molar-refractivity contribution in [1.29, 1.82) is 0 Å². The van der Waals surface area contributed by atoms with Gasteiger partial charge in [0.05, 0.1) is 11.0 Å². The third-order valence-electron chi connectivity index (χ3n) is 2.55. The molecule has 0 saturated carbocycles. The van der Waals surface area contributed by atoms with Gasteiger partial charge in [0.2, 0.25) is 0 Å². The molecule has 0 atom stereocenters. The molecule has 1 heterocycles. The highest BCUT2D eigenvalue weighted by molar-refractivity contribution is 9.10. The number of rotatable bonds is 3. The second kappa shape index (κ2) is 5.02. The average Bonchev–Trinajstić information content (AvgIpc) is 2.72. The van der Waals surface area contributed by atoms with E-state index in [0.717, 1.165) is 16.9 Å². The van der Waals surface area contributed by atoms with E-state index in [1.807, 2.05) is 26.1 Å². The number of nitrogens with one attached hydrogen (secondary N) is 1. The number of furan rings is 1. The fraction of sp³-hybridized carbons (Fsp3) is 0.231. The molecule has 0 unspecified atom stereocenters. The molecule has 0 saturated heterocycles. The highest BCUT2D eigenvalue weighted by atomic mass is 79.9. The highest BCUT2D eigenvalue weighted by Gasteiger charge is 2.10. The van der Waals surface area contributed by atoms with Crippen LogP contribution in [0.1, 0.15) is 11.3 Å². The Hall–Kier alpha value is -1.13. The van der Waals surface area contributed by atoms with Crippen LogP contribution in [0.25, 0.3) is 11.3 Å². The van der Waals surface area contributed by atoms with Gasteiger partial charge in [-0.3, -0.25) is 0 Å². The SMILES string of the molecule is CNCc1ccc(-c2cc(F)c(Br)cc2C)o1. The molecule has 2 aromatic rings. The van der Waals surface area contributed by atoms with Crippen LogP contribution in [0.4, 0.5) is 4.39 Å². The molecule has 0 aliphatic rings. The van der Waals surface area contributed by atoms with Crippen LogP contribution in [0.15, 0.2) is 33.2 Å². The standard InChI is InChI=1S/C13H13BrFNO/c1-8-5-11(14)12(15)6-10(8)13-4-3-9(17-13)7-16-2/h3-6,16H,7H2,1-2H3. The number of hydrogen-bond donors (Lipinski definition) is 1. The summed E-state index contributed by atoms with van der Waals surface area (Å²) in [6.45, 7) is 2.60. The predicted molar refractivity (Wildman–Crippen MR) is 69.3 cm³/mol. The highest BCUT2D eigenvalue weighted by Crippen LogP contribution is 2.29. The van der Waals surface area contributed by atoms with E-state index in [-0.39, 0.29) is 5.82 Å². The summed E-state index contributed by atoms with van der Waals surface area (Å²) in [5.41, 5.74) is 1.76. The lowest BCUT2D eigenvalue weighted by atomic mass is 10.1. The molecule has 4 heteroatoms. The minimum absolute atomic E-state index is 0.280. The van der Waals surface area contributed by atoms with Gasteiger partial charge in [-0.05, 0) is 59.7 Å². The Labute approximate surface area is 108 Å². The molecule has 2 rings (SSSR count). The van der Waals surface area contributed by atoms with Gasteiger partial charge in [-0.1, -0.05) is 0 Å². The lowest BCUT2D eigenvalue weighted by molar-refractivity contribution is 0.506. The summed E-state index contributed by atoms with van der Waals surface area (Å²) in [7, 11) is 1.85. The van der Waals surface area contributed by atoms with Gasteiger partial charge in [0.15, 0.2) is 0 Å². The van der Waals surface area contributed by atoms with Crippen molar-refractivity contribution < 1.29 is 8.81 Å². The molecule has 1 aromatic heterocycles. The maximum atomic E-state index is 13.5. The van der Waals surface area contributed by atoms with Gasteiger partial charge < -0.3 is 9.73 Å². The van der Waals surface area contributed by atoms with Gasteiger partial charge in [0, 0.05) is 5.56 Å². The molecule has 0 radical (unpaired) electrons. The fourth-order valence-corrected chi connectivity index (χ4v) is 2.16. The Morgan fingerprint density at radius 3 is 2.82 bits per heavy atom. The van der Waals surface area contributed by atoms with Crippen LogP contribution in [-0.4, -0.2) is 7.05 Å². The molecule has 0 spiro atoms. The molecule has 90 valence electrons. The molecular weight excluding hydrogens is 285 g/mol. The molecule has 0 bridgehead atoms. The second-order valence-corrected chi connectivity index (χ2v) is 4.73. The van der Waals surface area contributed by atoms with Crippen molar-refractivity contribution in [3.63, 3.8) is 0 Å². The van der Waals surface area contributed by atoms with Gasteiger partial charge in [-0.15, -0.1) is 0 Å². The minimum Gasteiger partial charge on any atom is -0.460 e. The smallest absolute Gasteiger partial charge is 0.138 e. The second-order valence-electron chi connectivity index (χ2n) is 3.88. The number of aryl methyl sites for hydroxylation is 1. The van der Waals surface area contributed by atoms with Gasteiger partial charge in [0.25, 0.3) is 0 Å². The van der Waals surface area contributed by atoms with Gasteiger partial charge in [-0.25, -0.2) is 4.39 Å². The zero-order chi connectivity index (χ0) is 12.4. The van der Waals surface area contributed by atoms with Crippen LogP contribution in [0.3, 0.4) is 0 Å². The van der Waals surface area contributed by atoms with Crippen LogP contribution in [0.2, 0.25) is 0 Å². The van der Waals surface area contributed by atoms with E-state index in [1.165, 1.54) is 6.07 Å². The van der Waals surface area contributed by atoms with Crippen LogP contribution >= 0.6 is 15.9 Å². The number of benzene rings is 1. The van der Waals surface area contributed by atoms with Crippen molar-refractivity contribution in [2.24, 2.45) is 0 Å². The third-order valence-corrected chi connectivity index (χ3v) is 3.15. The van der Waals surface area contributed by atoms with Gasteiger partial charge >= 0.3 is 0 Å². The van der Waals surface area contributed by atoms with Crippen molar-refractivity contribution in [2.75, 3.05) is 7.05 Å². The summed E-state index contributed by atoms with van der Waals surface area (Å²) < 4.78 is 19.6. The van der Waals surface area contributed by atoms with Crippen molar-refractivity contribution in [3.05, 3.63) is 45.9 Å². The normalized spacial score (nSPS) is 10.8. The summed E-state index contributed by atoms with van der Waals surface area (Å²) in [5.74, 6) is 1.25. The van der Waals surface area contributed by atoms with E-state index in [2.05, 4.69) is 21.2 Å². The Balaban J connectivity index is 2.41. The molecule has 0 amide bonds. The van der Waals surface area contributed by atoms with Crippen molar-refractivity contribution in [1.82, 2.24) is 5.32 Å². The molecule has 2 nitrogen and oxygen atoms in total. The van der Waals surface area contributed by atoms with E-state index < -0.39 is 0 Å². The molecule has 1 N–H and O–H groups in total. The van der Waals surface area contributed by atoms with E-state index in [9.17, 15) is 4.39 Å². The lowest BCUT2D eigenvalue weighted by Crippen LogP contribution is -2.03. The van der Waals surface area contributed by atoms with E-state index in [4.69, 9.17) is 4.42 Å². The monoisotopic (exact) mass is 297 g/mol. The first-order chi connectivity index (χ1) is 8.11. The molecular formula is C13H13BrFNO. The van der Waals surface area contributed by atoms with Crippen LogP contribution in [0.5, 0.6) is 0 Å². The molecule has 0 fully saturated rings. The van der Waals surface area contributed by atoms with Crippen LogP contribution < -0.4 is 5.32 Å². The van der Waals surface area contributed by atoms with Gasteiger partial charge in [-0.2, -0.15) is 0 Å². The number of hydrogen-bond acceptors (Lipinski definition) is 2. The molecule has 0 aliphatic carbocycles. The Kier molecular flexibility index (Phi) is 3.64. The summed E-state index contributed by atoms with van der Waals surface area (Å²) in [4.78, 5) is 0. The van der Waals surface area contributed by atoms with Crippen molar-refractivity contribution in [2.45, 2.75) is 13.5 Å². The largest absolute Gasteiger partial charge is 0.460 e. The maximum absolute atomic E-state index is 13.5. The van der Waals surface area contributed by atoms with Gasteiger partial charge in [0.1, 0.15) is 17.3 Å². The maximum Gasteiger partial charge on any atom is 0.138 e. The van der Waals surface area contributed by atoms with E-state index >= 15 is 0 Å². The van der Waals surface area contributed by atoms with Crippen LogP contribution in [0, 0.1) is 12.7 Å². The predicted octanol–water partition coefficient (Wildman–Crippen LogP) is 3.88. The average molecular weight is 298 g/mol. The summed E-state index contributed by atoms with van der Waals surface area (Å²) in [5, 5.41) is 3.01. The molecule has 17 heavy (non-hydrogen) atoms. The quantitative estimate of drug-likeness (QED) is 0.930. The number of halogens is 2. The first-order valence-corrected chi connectivity index (χ1v) is 6.10. The minimum atomic E-state index is -0.280. The zero-order valence-electron chi connectivity index (χ0n) is 9.68. The van der Waals surface area contributed by atoms with E-state index in [1.54, 1.807) is 6.07 Å².